The van der Waals surface area contributed by atoms with Crippen molar-refractivity contribution in [3.63, 3.8) is 0 Å². The van der Waals surface area contributed by atoms with E-state index in [0.717, 1.165) is 35.5 Å². The van der Waals surface area contributed by atoms with Crippen LogP contribution in [0.15, 0.2) is 72.8 Å². The minimum atomic E-state index is -0.510. The van der Waals surface area contributed by atoms with Gasteiger partial charge in [0.25, 0.3) is 23.6 Å². The lowest BCUT2D eigenvalue weighted by molar-refractivity contribution is 0.0873. The molecule has 2 aliphatic rings. The van der Waals surface area contributed by atoms with Gasteiger partial charge >= 0.3 is 0 Å². The Balaban J connectivity index is 1.20. The van der Waals surface area contributed by atoms with Gasteiger partial charge in [0.15, 0.2) is 0 Å². The second-order valence-electron chi connectivity index (χ2n) is 12.5. The lowest BCUT2D eigenvalue weighted by atomic mass is 9.85. The summed E-state index contributed by atoms with van der Waals surface area (Å²) in [6, 6.07) is 20.1. The zero-order valence-electron chi connectivity index (χ0n) is 27.8. The van der Waals surface area contributed by atoms with E-state index in [1.54, 1.807) is 72.8 Å². The van der Waals surface area contributed by atoms with E-state index in [4.69, 9.17) is 9.47 Å². The molecule has 0 saturated carbocycles. The van der Waals surface area contributed by atoms with E-state index in [-0.39, 0.29) is 22.3 Å². The molecule has 0 fully saturated rings. The van der Waals surface area contributed by atoms with E-state index < -0.39 is 23.6 Å². The molecule has 0 spiro atoms. The van der Waals surface area contributed by atoms with Crippen molar-refractivity contribution in [1.82, 2.24) is 0 Å². The number of imide groups is 2. The minimum absolute atomic E-state index is 0.267. The first-order chi connectivity index (χ1) is 23.4. The summed E-state index contributed by atoms with van der Waals surface area (Å²) in [4.78, 5) is 57.6. The minimum Gasteiger partial charge on any atom is -0.494 e. The van der Waals surface area contributed by atoms with E-state index in [0.29, 0.717) is 46.9 Å². The molecule has 0 unspecified atom stereocenters. The molecule has 4 amide bonds. The Hall–Kier alpha value is -4.98. The average molecular weight is 647 g/mol. The maximum atomic E-state index is 13.8. The lowest BCUT2D eigenvalue weighted by Gasteiger charge is -2.32. The molecule has 4 aromatic rings. The van der Waals surface area contributed by atoms with Crippen LogP contribution in [0.2, 0.25) is 0 Å². The maximum Gasteiger partial charge on any atom is 0.265 e. The van der Waals surface area contributed by atoms with Crippen molar-refractivity contribution in [2.45, 2.75) is 78.1 Å². The van der Waals surface area contributed by atoms with Crippen LogP contribution in [0.3, 0.4) is 0 Å². The van der Waals surface area contributed by atoms with Gasteiger partial charge in [-0.15, -0.1) is 0 Å². The smallest absolute Gasteiger partial charge is 0.265 e. The standard InChI is InChI=1S/C40H42N2O6/c1-3-5-7-9-11-25-47-29-17-13-27(14-18-29)41-37(43)31-21-23-33-36-34(24-22-32(35(31)36)38(41)44)40(46)42(39(33)45)28-15-19-30(20-16-28)48-26-12-10-8-6-4-2/h13-24H,3-12,25-26H2,1-2H3. The Bertz CT molecular complexity index is 1630. The average Bonchev–Trinajstić information content (AvgIpc) is 3.10. The maximum absolute atomic E-state index is 13.8. The predicted octanol–water partition coefficient (Wildman–Crippen LogP) is 9.14. The van der Waals surface area contributed by atoms with E-state index >= 15 is 0 Å². The van der Waals surface area contributed by atoms with Crippen molar-refractivity contribution >= 4 is 45.8 Å². The molecule has 4 aromatic carbocycles. The number of rotatable bonds is 16. The molecule has 0 bridgehead atoms. The molecule has 0 aliphatic carbocycles. The van der Waals surface area contributed by atoms with Gasteiger partial charge < -0.3 is 9.47 Å². The number of hydrogen-bond acceptors (Lipinski definition) is 6. The van der Waals surface area contributed by atoms with Crippen LogP contribution in [-0.4, -0.2) is 36.8 Å². The first-order valence-corrected chi connectivity index (χ1v) is 17.3. The molecule has 0 aromatic heterocycles. The summed E-state index contributed by atoms with van der Waals surface area (Å²) < 4.78 is 11.7. The van der Waals surface area contributed by atoms with Crippen LogP contribution in [0.5, 0.6) is 11.5 Å². The number of carbonyl (C=O) groups excluding carboxylic acids is 4. The van der Waals surface area contributed by atoms with Crippen LogP contribution in [0.4, 0.5) is 11.4 Å². The van der Waals surface area contributed by atoms with Crippen molar-refractivity contribution in [1.29, 1.82) is 0 Å². The summed E-state index contributed by atoms with van der Waals surface area (Å²) in [6.45, 7) is 5.59. The number of benzene rings is 4. The molecule has 0 atom stereocenters. The molecule has 48 heavy (non-hydrogen) atoms. The highest BCUT2D eigenvalue weighted by Gasteiger charge is 2.40. The summed E-state index contributed by atoms with van der Waals surface area (Å²) >= 11 is 0. The third-order valence-corrected chi connectivity index (χ3v) is 9.12. The third kappa shape index (κ3) is 6.44. The molecule has 0 radical (unpaired) electrons. The molecule has 0 saturated heterocycles. The largest absolute Gasteiger partial charge is 0.494 e. The molecule has 8 nitrogen and oxygen atoms in total. The molecular formula is C40H42N2O6. The molecule has 6 rings (SSSR count). The van der Waals surface area contributed by atoms with Gasteiger partial charge in [0.1, 0.15) is 11.5 Å². The summed E-state index contributed by atoms with van der Waals surface area (Å²) in [5, 5.41) is 0.673. The highest BCUT2D eigenvalue weighted by atomic mass is 16.5. The zero-order valence-corrected chi connectivity index (χ0v) is 27.8. The third-order valence-electron chi connectivity index (χ3n) is 9.12. The van der Waals surface area contributed by atoms with E-state index in [2.05, 4.69) is 13.8 Å². The molecule has 8 heteroatoms. The van der Waals surface area contributed by atoms with Crippen LogP contribution < -0.4 is 19.3 Å². The van der Waals surface area contributed by atoms with Gasteiger partial charge in [0.2, 0.25) is 0 Å². The van der Waals surface area contributed by atoms with Crippen LogP contribution >= 0.6 is 0 Å². The Labute approximate surface area is 281 Å². The fourth-order valence-corrected chi connectivity index (χ4v) is 6.52. The van der Waals surface area contributed by atoms with Crippen molar-refractivity contribution in [3.8, 4) is 11.5 Å². The number of nitrogens with zero attached hydrogens (tertiary/aromatic N) is 2. The summed E-state index contributed by atoms with van der Waals surface area (Å²) in [6.07, 6.45) is 11.4. The summed E-state index contributed by atoms with van der Waals surface area (Å²) in [5.74, 6) is -0.695. The number of anilines is 2. The first kappa shape index (κ1) is 32.9. The van der Waals surface area contributed by atoms with E-state index in [9.17, 15) is 19.2 Å². The summed E-state index contributed by atoms with van der Waals surface area (Å²) in [5.41, 5.74) is 1.90. The second-order valence-corrected chi connectivity index (χ2v) is 12.5. The molecule has 248 valence electrons. The van der Waals surface area contributed by atoms with Crippen LogP contribution in [0, 0.1) is 0 Å². The van der Waals surface area contributed by atoms with Crippen molar-refractivity contribution in [3.05, 3.63) is 95.1 Å². The fraction of sp³-hybridized carbons (Fsp3) is 0.350. The van der Waals surface area contributed by atoms with Crippen LogP contribution in [0.25, 0.3) is 10.8 Å². The fourth-order valence-electron chi connectivity index (χ4n) is 6.52. The second kappa shape index (κ2) is 14.8. The highest BCUT2D eigenvalue weighted by molar-refractivity contribution is 6.42. The SMILES string of the molecule is CCCCCCCOc1ccc(N2C(=O)c3ccc4c5c(ccc(c35)C2=O)C(=O)N(c2ccc(OCCCCCCC)cc2)C4=O)cc1. The van der Waals surface area contributed by atoms with Crippen molar-refractivity contribution in [2.75, 3.05) is 23.0 Å². The Morgan fingerprint density at radius 2 is 0.729 bits per heavy atom. The van der Waals surface area contributed by atoms with Crippen LogP contribution in [-0.2, 0) is 0 Å². The predicted molar refractivity (Wildman–Crippen MR) is 188 cm³/mol. The van der Waals surface area contributed by atoms with Gasteiger partial charge in [-0.1, -0.05) is 65.2 Å². The van der Waals surface area contributed by atoms with Crippen molar-refractivity contribution in [2.24, 2.45) is 0 Å². The van der Waals surface area contributed by atoms with Gasteiger partial charge in [-0.25, -0.2) is 9.80 Å². The molecular weight excluding hydrogens is 604 g/mol. The van der Waals surface area contributed by atoms with Crippen LogP contribution in [0.1, 0.15) is 119 Å². The monoisotopic (exact) mass is 646 g/mol. The Morgan fingerprint density at radius 1 is 0.417 bits per heavy atom. The number of hydrogen-bond donors (Lipinski definition) is 0. The van der Waals surface area contributed by atoms with Crippen molar-refractivity contribution < 1.29 is 28.7 Å². The molecule has 0 N–H and O–H groups in total. The van der Waals surface area contributed by atoms with Gasteiger partial charge in [-0.3, -0.25) is 19.2 Å². The molecule has 2 heterocycles. The van der Waals surface area contributed by atoms with E-state index in [1.165, 1.54) is 38.5 Å². The quantitative estimate of drug-likeness (QED) is 0.0890. The topological polar surface area (TPSA) is 93.2 Å². The zero-order chi connectivity index (χ0) is 33.6. The van der Waals surface area contributed by atoms with Gasteiger partial charge in [-0.2, -0.15) is 0 Å². The number of amides is 4. The summed E-state index contributed by atoms with van der Waals surface area (Å²) in [7, 11) is 0. The Kier molecular flexibility index (Phi) is 10.2. The molecule has 2 aliphatic heterocycles. The number of ether oxygens (including phenoxy) is 2. The Morgan fingerprint density at radius 3 is 1.04 bits per heavy atom. The van der Waals surface area contributed by atoms with Gasteiger partial charge in [0, 0.05) is 33.0 Å². The first-order valence-electron chi connectivity index (χ1n) is 17.3. The highest BCUT2D eigenvalue weighted by Crippen LogP contribution is 2.40. The normalized spacial score (nSPS) is 13.9. The number of unbranched alkanes of at least 4 members (excludes halogenated alkanes) is 8. The lowest BCUT2D eigenvalue weighted by Crippen LogP contribution is -2.43. The van der Waals surface area contributed by atoms with Gasteiger partial charge in [-0.05, 0) is 85.6 Å². The van der Waals surface area contributed by atoms with Gasteiger partial charge in [0.05, 0.1) is 24.6 Å². The van der Waals surface area contributed by atoms with E-state index in [1.807, 2.05) is 0 Å². The number of carbonyl (C=O) groups is 4.